The van der Waals surface area contributed by atoms with E-state index < -0.39 is 0 Å². The first-order valence-electron chi connectivity index (χ1n) is 12.7. The summed E-state index contributed by atoms with van der Waals surface area (Å²) in [5, 5.41) is 0. The quantitative estimate of drug-likeness (QED) is 0.735. The van der Waals surface area contributed by atoms with E-state index in [-0.39, 0.29) is 17.3 Å². The number of allylic oxidation sites excluding steroid dienone is 2. The normalized spacial score (nSPS) is 36.4. The number of H-pyrrole nitrogens is 1. The van der Waals surface area contributed by atoms with E-state index in [0.29, 0.717) is 12.1 Å². The average molecular weight is 438 g/mol. The smallest absolute Gasteiger partial charge is 0.327 e. The Morgan fingerprint density at radius 3 is 2.53 bits per heavy atom. The molecule has 6 unspecified atom stereocenters. The minimum Gasteiger partial charge on any atom is -0.336 e. The summed E-state index contributed by atoms with van der Waals surface area (Å²) in [5.41, 5.74) is 1.07. The molecule has 6 aliphatic rings. The third-order valence-electron chi connectivity index (χ3n) is 8.69. The van der Waals surface area contributed by atoms with E-state index in [9.17, 15) is 4.79 Å². The number of aromatic nitrogens is 2. The molecular formula is C26H39N5O. The van der Waals surface area contributed by atoms with Gasteiger partial charge in [0, 0.05) is 45.3 Å². The largest absolute Gasteiger partial charge is 0.336 e. The van der Waals surface area contributed by atoms with Gasteiger partial charge in [-0.1, -0.05) is 32.9 Å². The summed E-state index contributed by atoms with van der Waals surface area (Å²) in [7, 11) is 1.90. The lowest BCUT2D eigenvalue weighted by atomic mass is 9.86. The van der Waals surface area contributed by atoms with Crippen molar-refractivity contribution in [2.45, 2.75) is 64.7 Å². The number of fused-ring (bicyclic) bond motifs is 6. The van der Waals surface area contributed by atoms with E-state index in [1.54, 1.807) is 4.57 Å². The number of rotatable bonds is 4. The summed E-state index contributed by atoms with van der Waals surface area (Å²) in [5.74, 6) is 3.63. The molecule has 6 atom stereocenters. The molecule has 0 spiro atoms. The lowest BCUT2D eigenvalue weighted by Crippen LogP contribution is -2.68. The van der Waals surface area contributed by atoms with Gasteiger partial charge in [-0.15, -0.1) is 0 Å². The molecule has 4 aliphatic heterocycles. The zero-order chi connectivity index (χ0) is 22.2. The second kappa shape index (κ2) is 7.36. The average Bonchev–Trinajstić information content (AvgIpc) is 3.43. The maximum Gasteiger partial charge on any atom is 0.327 e. The fourth-order valence-corrected chi connectivity index (χ4v) is 7.28. The van der Waals surface area contributed by atoms with Crippen LogP contribution in [0.25, 0.3) is 6.08 Å². The molecule has 4 fully saturated rings. The molecule has 1 aromatic rings. The first kappa shape index (κ1) is 20.8. The van der Waals surface area contributed by atoms with Gasteiger partial charge >= 0.3 is 5.69 Å². The van der Waals surface area contributed by atoms with Crippen LogP contribution in [0.2, 0.25) is 0 Å². The summed E-state index contributed by atoms with van der Waals surface area (Å²) < 4.78 is 1.80. The highest BCUT2D eigenvalue weighted by Crippen LogP contribution is 2.45. The molecule has 6 nitrogen and oxygen atoms in total. The van der Waals surface area contributed by atoms with Crippen molar-refractivity contribution in [1.82, 2.24) is 19.4 Å². The van der Waals surface area contributed by atoms with Gasteiger partial charge < -0.3 is 9.88 Å². The maximum atomic E-state index is 12.4. The molecule has 6 heteroatoms. The lowest BCUT2D eigenvalue weighted by molar-refractivity contribution is -0.0427. The molecule has 0 radical (unpaired) electrons. The number of piperidine rings is 2. The van der Waals surface area contributed by atoms with Crippen molar-refractivity contribution in [2.75, 3.05) is 31.1 Å². The van der Waals surface area contributed by atoms with E-state index in [1.807, 2.05) is 7.05 Å². The predicted molar refractivity (Wildman–Crippen MR) is 130 cm³/mol. The van der Waals surface area contributed by atoms with Crippen LogP contribution in [0.15, 0.2) is 23.0 Å². The number of nitrogens with zero attached hydrogens (tertiary/aromatic N) is 4. The second-order valence-corrected chi connectivity index (χ2v) is 12.3. The molecule has 5 heterocycles. The van der Waals surface area contributed by atoms with Gasteiger partial charge in [0.05, 0.1) is 5.69 Å². The first-order chi connectivity index (χ1) is 15.3. The van der Waals surface area contributed by atoms with Crippen molar-refractivity contribution in [2.24, 2.45) is 30.2 Å². The minimum atomic E-state index is -0.0227. The highest BCUT2D eigenvalue weighted by atomic mass is 16.1. The Morgan fingerprint density at radius 1 is 1.06 bits per heavy atom. The van der Waals surface area contributed by atoms with Crippen molar-refractivity contribution in [1.29, 1.82) is 0 Å². The topological polar surface area (TPSA) is 47.5 Å². The minimum absolute atomic E-state index is 0.0227. The van der Waals surface area contributed by atoms with E-state index in [0.717, 1.165) is 42.4 Å². The molecular weight excluding hydrogens is 398 g/mol. The van der Waals surface area contributed by atoms with Crippen molar-refractivity contribution in [3.8, 4) is 0 Å². The molecule has 1 aromatic heterocycles. The van der Waals surface area contributed by atoms with Crippen molar-refractivity contribution in [3.05, 3.63) is 34.4 Å². The number of anilines is 1. The molecule has 0 aromatic carbocycles. The highest BCUT2D eigenvalue weighted by molar-refractivity contribution is 5.67. The monoisotopic (exact) mass is 437 g/mol. The van der Waals surface area contributed by atoms with Gasteiger partial charge in [0.15, 0.2) is 0 Å². The Hall–Kier alpha value is -1.79. The number of nitrogens with one attached hydrogen (secondary N) is 1. The van der Waals surface area contributed by atoms with Gasteiger partial charge in [-0.2, -0.15) is 0 Å². The fraction of sp³-hybridized carbons (Fsp3) is 0.731. The van der Waals surface area contributed by atoms with Crippen molar-refractivity contribution in [3.63, 3.8) is 0 Å². The van der Waals surface area contributed by atoms with Crippen LogP contribution in [0.4, 0.5) is 5.82 Å². The fourth-order valence-electron chi connectivity index (χ4n) is 7.28. The molecule has 32 heavy (non-hydrogen) atoms. The predicted octanol–water partition coefficient (Wildman–Crippen LogP) is 3.28. The summed E-state index contributed by atoms with van der Waals surface area (Å²) in [6.45, 7) is 11.4. The number of piperazine rings is 1. The van der Waals surface area contributed by atoms with Crippen LogP contribution in [0, 0.1) is 23.2 Å². The third-order valence-corrected chi connectivity index (χ3v) is 8.69. The summed E-state index contributed by atoms with van der Waals surface area (Å²) >= 11 is 0. The molecule has 4 bridgehead atoms. The van der Waals surface area contributed by atoms with Gasteiger partial charge in [-0.3, -0.25) is 14.4 Å². The van der Waals surface area contributed by atoms with Gasteiger partial charge in [-0.05, 0) is 61.0 Å². The molecule has 7 rings (SSSR count). The Morgan fingerprint density at radius 2 is 1.88 bits per heavy atom. The summed E-state index contributed by atoms with van der Waals surface area (Å²) in [4.78, 5) is 23.5. The van der Waals surface area contributed by atoms with Gasteiger partial charge in [0.25, 0.3) is 0 Å². The maximum absolute atomic E-state index is 12.4. The number of imidazole rings is 1. The molecule has 2 aliphatic carbocycles. The second-order valence-electron chi connectivity index (χ2n) is 12.3. The van der Waals surface area contributed by atoms with Crippen LogP contribution in [0.1, 0.15) is 52.1 Å². The Balaban J connectivity index is 1.23. The molecule has 174 valence electrons. The third kappa shape index (κ3) is 3.41. The van der Waals surface area contributed by atoms with Gasteiger partial charge in [-0.25, -0.2) is 4.79 Å². The van der Waals surface area contributed by atoms with E-state index in [2.05, 4.69) is 64.8 Å². The van der Waals surface area contributed by atoms with E-state index in [4.69, 9.17) is 0 Å². The lowest BCUT2D eigenvalue weighted by Gasteiger charge is -2.56. The van der Waals surface area contributed by atoms with Crippen molar-refractivity contribution >= 4 is 11.9 Å². The van der Waals surface area contributed by atoms with Gasteiger partial charge in [0.1, 0.15) is 12.0 Å². The molecule has 1 N–H and O–H groups in total. The molecule has 3 saturated heterocycles. The number of hydrogen-bond acceptors (Lipinski definition) is 4. The molecule has 1 saturated carbocycles. The first-order valence-corrected chi connectivity index (χ1v) is 12.7. The van der Waals surface area contributed by atoms with Crippen LogP contribution < -0.4 is 10.6 Å². The molecule has 0 amide bonds. The zero-order valence-corrected chi connectivity index (χ0v) is 20.1. The Kier molecular flexibility index (Phi) is 4.78. The Labute approximate surface area is 191 Å². The van der Waals surface area contributed by atoms with Crippen molar-refractivity contribution < 1.29 is 0 Å². The van der Waals surface area contributed by atoms with E-state index in [1.165, 1.54) is 38.8 Å². The van der Waals surface area contributed by atoms with Crippen LogP contribution >= 0.6 is 0 Å². The van der Waals surface area contributed by atoms with Crippen LogP contribution in [-0.2, 0) is 7.05 Å². The van der Waals surface area contributed by atoms with Crippen LogP contribution in [0.3, 0.4) is 0 Å². The summed E-state index contributed by atoms with van der Waals surface area (Å²) in [6.07, 6.45) is 15.1. The van der Waals surface area contributed by atoms with Crippen LogP contribution in [0.5, 0.6) is 0 Å². The Bertz CT molecular complexity index is 997. The number of aromatic amines is 1. The van der Waals surface area contributed by atoms with Gasteiger partial charge in [0.2, 0.25) is 0 Å². The van der Waals surface area contributed by atoms with Crippen LogP contribution in [-0.4, -0.2) is 63.8 Å². The van der Waals surface area contributed by atoms with E-state index >= 15 is 0 Å². The highest BCUT2D eigenvalue weighted by Gasteiger charge is 2.46. The standard InChI is InChI=1S/C26H39N5O/c1-26(2,3)16-31-23(10-9-22-24(31)28(4)25(32)27-22)30-15-20-7-8-21(30)14-29(20)13-19-12-17-5-6-18(19)11-17/h5-6,9-10,17-21,23H,7-8,11-16H2,1-4H3,(H,27,32). The zero-order valence-electron chi connectivity index (χ0n) is 20.1. The summed E-state index contributed by atoms with van der Waals surface area (Å²) in [6, 6.07) is 1.27. The SMILES string of the molecule is Cn1c2c([nH]c1=O)C=CC(N1CC3CCC1CN3CC1CC3C=CC1C3)N2CC(C)(C)C. The number of hydrogen-bond donors (Lipinski definition) is 1.